The second-order valence-corrected chi connectivity index (χ2v) is 4.92. The molecule has 0 saturated heterocycles. The van der Waals surface area contributed by atoms with Gasteiger partial charge in [0, 0.05) is 22.7 Å². The van der Waals surface area contributed by atoms with Crippen LogP contribution in [0.4, 0.5) is 11.4 Å². The van der Waals surface area contributed by atoms with Gasteiger partial charge in [0.1, 0.15) is 18.0 Å². The standard InChI is InChI=1S/C13H11Cl2N3O3/c14-9-4-5-10(15)12(6-9)21-7-8-2-1-3-11(18(19)20)13(8)17-16/h1-6,17H,7,16H2. The van der Waals surface area contributed by atoms with Crippen molar-refractivity contribution in [2.45, 2.75) is 6.61 Å². The zero-order chi connectivity index (χ0) is 15.4. The average Bonchev–Trinajstić information content (AvgIpc) is 2.47. The highest BCUT2D eigenvalue weighted by molar-refractivity contribution is 6.34. The van der Waals surface area contributed by atoms with E-state index in [1.807, 2.05) is 0 Å². The maximum atomic E-state index is 10.9. The third-order valence-electron chi connectivity index (χ3n) is 2.75. The summed E-state index contributed by atoms with van der Waals surface area (Å²) in [6.45, 7) is 0.0568. The lowest BCUT2D eigenvalue weighted by Gasteiger charge is -2.12. The van der Waals surface area contributed by atoms with Crippen molar-refractivity contribution >= 4 is 34.6 Å². The SMILES string of the molecule is NNc1c(COc2cc(Cl)ccc2Cl)cccc1[N+](=O)[O-]. The smallest absolute Gasteiger partial charge is 0.294 e. The number of nitrogen functional groups attached to an aromatic ring is 1. The van der Waals surface area contributed by atoms with E-state index in [1.54, 1.807) is 30.3 Å². The van der Waals surface area contributed by atoms with Crippen LogP contribution in [0.2, 0.25) is 10.0 Å². The van der Waals surface area contributed by atoms with E-state index in [1.165, 1.54) is 6.07 Å². The maximum Gasteiger partial charge on any atom is 0.294 e. The van der Waals surface area contributed by atoms with Crippen LogP contribution in [0.15, 0.2) is 36.4 Å². The normalized spacial score (nSPS) is 10.2. The number of nitrogens with zero attached hydrogens (tertiary/aromatic N) is 1. The second kappa shape index (κ2) is 6.62. The predicted octanol–water partition coefficient (Wildman–Crippen LogP) is 3.77. The van der Waals surface area contributed by atoms with Crippen LogP contribution in [-0.4, -0.2) is 4.92 Å². The fourth-order valence-electron chi connectivity index (χ4n) is 1.77. The van der Waals surface area contributed by atoms with Gasteiger partial charge in [-0.05, 0) is 12.1 Å². The van der Waals surface area contributed by atoms with Crippen molar-refractivity contribution in [1.29, 1.82) is 0 Å². The molecular weight excluding hydrogens is 317 g/mol. The van der Waals surface area contributed by atoms with Crippen molar-refractivity contribution in [3.8, 4) is 5.75 Å². The molecule has 0 amide bonds. The summed E-state index contributed by atoms with van der Waals surface area (Å²) in [5.74, 6) is 5.74. The minimum absolute atomic E-state index is 0.0568. The Balaban J connectivity index is 2.26. The van der Waals surface area contributed by atoms with Gasteiger partial charge in [0.05, 0.1) is 9.95 Å². The molecule has 3 N–H and O–H groups in total. The Labute approximate surface area is 130 Å². The second-order valence-electron chi connectivity index (χ2n) is 4.08. The zero-order valence-electron chi connectivity index (χ0n) is 10.7. The topological polar surface area (TPSA) is 90.4 Å². The highest BCUT2D eigenvalue weighted by Crippen LogP contribution is 2.31. The monoisotopic (exact) mass is 327 g/mol. The molecule has 0 aliphatic rings. The molecule has 0 saturated carbocycles. The molecule has 0 bridgehead atoms. The van der Waals surface area contributed by atoms with Gasteiger partial charge in [-0.3, -0.25) is 16.0 Å². The number of hydrogen-bond acceptors (Lipinski definition) is 5. The molecule has 0 aromatic heterocycles. The van der Waals surface area contributed by atoms with Crippen LogP contribution in [0, 0.1) is 10.1 Å². The summed E-state index contributed by atoms with van der Waals surface area (Å²) < 4.78 is 5.55. The number of nitro benzene ring substituents is 1. The van der Waals surface area contributed by atoms with Crippen LogP contribution >= 0.6 is 23.2 Å². The van der Waals surface area contributed by atoms with Crippen LogP contribution in [-0.2, 0) is 6.61 Å². The predicted molar refractivity (Wildman–Crippen MR) is 81.7 cm³/mol. The van der Waals surface area contributed by atoms with E-state index < -0.39 is 4.92 Å². The van der Waals surface area contributed by atoms with Crippen LogP contribution in [0.25, 0.3) is 0 Å². The Morgan fingerprint density at radius 3 is 2.71 bits per heavy atom. The number of nitrogens with two attached hydrogens (primary N) is 1. The number of hydrogen-bond donors (Lipinski definition) is 2. The Bertz CT molecular complexity index is 680. The molecule has 0 aliphatic carbocycles. The summed E-state index contributed by atoms with van der Waals surface area (Å²) in [6.07, 6.45) is 0. The van der Waals surface area contributed by atoms with Gasteiger partial charge in [0.2, 0.25) is 0 Å². The summed E-state index contributed by atoms with van der Waals surface area (Å²) >= 11 is 11.8. The van der Waals surface area contributed by atoms with E-state index in [-0.39, 0.29) is 18.0 Å². The van der Waals surface area contributed by atoms with Gasteiger partial charge in [-0.25, -0.2) is 0 Å². The largest absolute Gasteiger partial charge is 0.487 e. The number of benzene rings is 2. The third-order valence-corrected chi connectivity index (χ3v) is 3.29. The van der Waals surface area contributed by atoms with Gasteiger partial charge in [0.25, 0.3) is 5.69 Å². The third kappa shape index (κ3) is 3.55. The molecule has 0 atom stereocenters. The summed E-state index contributed by atoms with van der Waals surface area (Å²) in [7, 11) is 0. The molecule has 2 aromatic rings. The zero-order valence-corrected chi connectivity index (χ0v) is 12.2. The quantitative estimate of drug-likeness (QED) is 0.495. The fourth-order valence-corrected chi connectivity index (χ4v) is 2.10. The molecule has 0 unspecified atom stereocenters. The van der Waals surface area contributed by atoms with E-state index >= 15 is 0 Å². The van der Waals surface area contributed by atoms with Crippen molar-refractivity contribution in [3.63, 3.8) is 0 Å². The molecule has 0 heterocycles. The van der Waals surface area contributed by atoms with Gasteiger partial charge in [-0.2, -0.15) is 0 Å². The Kier molecular flexibility index (Phi) is 4.85. The number of nitro groups is 1. The lowest BCUT2D eigenvalue weighted by Crippen LogP contribution is -2.12. The summed E-state index contributed by atoms with van der Waals surface area (Å²) in [4.78, 5) is 10.4. The Morgan fingerprint density at radius 2 is 2.05 bits per heavy atom. The Hall–Kier alpha value is -2.02. The average molecular weight is 328 g/mol. The summed E-state index contributed by atoms with van der Waals surface area (Å²) in [6, 6.07) is 9.38. The molecule has 8 heteroatoms. The highest BCUT2D eigenvalue weighted by Gasteiger charge is 2.17. The Morgan fingerprint density at radius 1 is 1.29 bits per heavy atom. The van der Waals surface area contributed by atoms with E-state index in [0.717, 1.165) is 0 Å². The number of anilines is 1. The van der Waals surface area contributed by atoms with Crippen molar-refractivity contribution in [1.82, 2.24) is 0 Å². The van der Waals surface area contributed by atoms with Gasteiger partial charge in [-0.1, -0.05) is 35.3 Å². The minimum Gasteiger partial charge on any atom is -0.487 e. The number of ether oxygens (including phenoxy) is 1. The van der Waals surface area contributed by atoms with Crippen molar-refractivity contribution < 1.29 is 9.66 Å². The first-order chi connectivity index (χ1) is 10.0. The first kappa shape index (κ1) is 15.4. The number of hydrazine groups is 1. The van der Waals surface area contributed by atoms with Gasteiger partial charge >= 0.3 is 0 Å². The van der Waals surface area contributed by atoms with E-state index in [4.69, 9.17) is 33.8 Å². The molecule has 2 rings (SSSR count). The van der Waals surface area contributed by atoms with Gasteiger partial charge in [-0.15, -0.1) is 0 Å². The van der Waals surface area contributed by atoms with Crippen LogP contribution in [0.5, 0.6) is 5.75 Å². The maximum absolute atomic E-state index is 10.9. The fraction of sp³-hybridized carbons (Fsp3) is 0.0769. The molecule has 0 fully saturated rings. The molecule has 0 spiro atoms. The number of para-hydroxylation sites is 1. The molecule has 21 heavy (non-hydrogen) atoms. The van der Waals surface area contributed by atoms with Gasteiger partial charge < -0.3 is 10.2 Å². The van der Waals surface area contributed by atoms with Crippen molar-refractivity contribution in [2.75, 3.05) is 5.43 Å². The van der Waals surface area contributed by atoms with E-state index in [2.05, 4.69) is 5.43 Å². The lowest BCUT2D eigenvalue weighted by atomic mass is 10.1. The molecule has 0 radical (unpaired) electrons. The molecule has 2 aromatic carbocycles. The molecule has 6 nitrogen and oxygen atoms in total. The van der Waals surface area contributed by atoms with Gasteiger partial charge in [0.15, 0.2) is 0 Å². The number of rotatable bonds is 5. The molecule has 0 aliphatic heterocycles. The summed E-state index contributed by atoms with van der Waals surface area (Å²) in [5.41, 5.74) is 2.92. The lowest BCUT2D eigenvalue weighted by molar-refractivity contribution is -0.384. The van der Waals surface area contributed by atoms with E-state index in [0.29, 0.717) is 21.4 Å². The highest BCUT2D eigenvalue weighted by atomic mass is 35.5. The van der Waals surface area contributed by atoms with Crippen LogP contribution in [0.3, 0.4) is 0 Å². The van der Waals surface area contributed by atoms with Crippen LogP contribution in [0.1, 0.15) is 5.56 Å². The summed E-state index contributed by atoms with van der Waals surface area (Å²) in [5, 5.41) is 11.8. The number of halogens is 2. The van der Waals surface area contributed by atoms with E-state index in [9.17, 15) is 10.1 Å². The first-order valence-electron chi connectivity index (χ1n) is 5.83. The molecular formula is C13H11Cl2N3O3. The first-order valence-corrected chi connectivity index (χ1v) is 6.59. The number of nitrogens with one attached hydrogen (secondary N) is 1. The molecule has 110 valence electrons. The van der Waals surface area contributed by atoms with Crippen molar-refractivity contribution in [3.05, 3.63) is 62.1 Å². The minimum atomic E-state index is -0.523. The van der Waals surface area contributed by atoms with Crippen molar-refractivity contribution in [2.24, 2.45) is 5.84 Å². The van der Waals surface area contributed by atoms with Crippen LogP contribution < -0.4 is 16.0 Å².